The first kappa shape index (κ1) is 10.2. The van der Waals surface area contributed by atoms with Crippen LogP contribution in [-0.4, -0.2) is 0 Å². The summed E-state index contributed by atoms with van der Waals surface area (Å²) < 4.78 is 1.18. The molecule has 0 fully saturated rings. The van der Waals surface area contributed by atoms with Gasteiger partial charge in [0.1, 0.15) is 0 Å². The summed E-state index contributed by atoms with van der Waals surface area (Å²) in [7, 11) is 0. The molecule has 0 aromatic heterocycles. The van der Waals surface area contributed by atoms with Gasteiger partial charge in [0, 0.05) is 17.1 Å². The Hall–Kier alpha value is -0.340. The van der Waals surface area contributed by atoms with Crippen LogP contribution in [0.15, 0.2) is 22.7 Å². The maximum absolute atomic E-state index is 3.56. The maximum Gasteiger partial charge on any atom is 0.0328 e. The Kier molecular flexibility index (Phi) is 2.93. The Bertz CT molecular complexity index is 333. The van der Waals surface area contributed by atoms with Crippen molar-refractivity contribution in [2.45, 2.75) is 32.9 Å². The Balaban J connectivity index is 2.22. The van der Waals surface area contributed by atoms with Crippen molar-refractivity contribution in [3.8, 4) is 0 Å². The fourth-order valence-corrected chi connectivity index (χ4v) is 2.50. The fourth-order valence-electron chi connectivity index (χ4n) is 2.09. The zero-order valence-corrected chi connectivity index (χ0v) is 10.3. The Morgan fingerprint density at radius 3 is 3.00 bits per heavy atom. The van der Waals surface area contributed by atoms with Crippen molar-refractivity contribution in [2.75, 3.05) is 0 Å². The number of fused-ring (bicyclic) bond motifs is 1. The lowest BCUT2D eigenvalue weighted by Gasteiger charge is -2.14. The molecular weight excluding hydrogens is 238 g/mol. The molecule has 1 aliphatic rings. The molecule has 76 valence electrons. The average molecular weight is 254 g/mol. The van der Waals surface area contributed by atoms with Gasteiger partial charge < -0.3 is 5.32 Å². The summed E-state index contributed by atoms with van der Waals surface area (Å²) in [6.45, 7) is 5.57. The van der Waals surface area contributed by atoms with Gasteiger partial charge in [0.15, 0.2) is 0 Å². The third kappa shape index (κ3) is 2.01. The maximum atomic E-state index is 3.56. The van der Waals surface area contributed by atoms with Crippen molar-refractivity contribution < 1.29 is 0 Å². The van der Waals surface area contributed by atoms with Gasteiger partial charge in [0.25, 0.3) is 0 Å². The van der Waals surface area contributed by atoms with Gasteiger partial charge in [0.2, 0.25) is 0 Å². The highest BCUT2D eigenvalue weighted by Crippen LogP contribution is 2.31. The minimum absolute atomic E-state index is 0.568. The van der Waals surface area contributed by atoms with Gasteiger partial charge in [0.05, 0.1) is 0 Å². The van der Waals surface area contributed by atoms with Crippen LogP contribution in [0.4, 0.5) is 0 Å². The summed E-state index contributed by atoms with van der Waals surface area (Å²) in [6, 6.07) is 7.17. The molecule has 2 heteroatoms. The molecule has 0 saturated heterocycles. The van der Waals surface area contributed by atoms with E-state index >= 15 is 0 Å². The molecule has 1 unspecified atom stereocenters. The van der Waals surface area contributed by atoms with E-state index in [2.05, 4.69) is 53.3 Å². The van der Waals surface area contributed by atoms with Crippen LogP contribution in [0.5, 0.6) is 0 Å². The molecule has 0 spiro atoms. The van der Waals surface area contributed by atoms with Crippen molar-refractivity contribution in [1.82, 2.24) is 5.32 Å². The molecule has 14 heavy (non-hydrogen) atoms. The molecule has 0 aliphatic carbocycles. The fraction of sp³-hybridized carbons (Fsp3) is 0.500. The molecule has 0 radical (unpaired) electrons. The van der Waals surface area contributed by atoms with Crippen molar-refractivity contribution in [3.05, 3.63) is 33.8 Å². The van der Waals surface area contributed by atoms with Crippen LogP contribution < -0.4 is 5.32 Å². The molecule has 1 nitrogen and oxygen atoms in total. The van der Waals surface area contributed by atoms with Crippen molar-refractivity contribution >= 4 is 15.9 Å². The molecule has 1 atom stereocenters. The molecule has 2 rings (SSSR count). The predicted octanol–water partition coefficient (Wildman–Crippen LogP) is 3.64. The first-order chi connectivity index (χ1) is 6.66. The summed E-state index contributed by atoms with van der Waals surface area (Å²) >= 11 is 3.51. The molecule has 1 N–H and O–H groups in total. The van der Waals surface area contributed by atoms with Gasteiger partial charge in [-0.3, -0.25) is 0 Å². The standard InChI is InChI=1S/C12H16BrN/c1-8(2)5-12-11-4-3-10(13)6-9(11)7-14-12/h3-4,6,8,12,14H,5,7H2,1-2H3. The van der Waals surface area contributed by atoms with E-state index in [1.807, 2.05) is 0 Å². The van der Waals surface area contributed by atoms with Crippen LogP contribution in [-0.2, 0) is 6.54 Å². The SMILES string of the molecule is CC(C)CC1NCc2cc(Br)ccc21. The number of hydrogen-bond donors (Lipinski definition) is 1. The highest BCUT2D eigenvalue weighted by molar-refractivity contribution is 9.10. The van der Waals surface area contributed by atoms with E-state index in [0.29, 0.717) is 6.04 Å². The van der Waals surface area contributed by atoms with Crippen LogP contribution in [0.3, 0.4) is 0 Å². The van der Waals surface area contributed by atoms with E-state index in [9.17, 15) is 0 Å². The second-order valence-corrected chi connectivity index (χ2v) is 5.32. The molecule has 1 aliphatic heterocycles. The zero-order valence-electron chi connectivity index (χ0n) is 8.68. The third-order valence-corrected chi connectivity index (χ3v) is 3.22. The third-order valence-electron chi connectivity index (χ3n) is 2.73. The summed E-state index contributed by atoms with van der Waals surface area (Å²) in [4.78, 5) is 0. The molecular formula is C12H16BrN. The van der Waals surface area contributed by atoms with Gasteiger partial charge in [-0.25, -0.2) is 0 Å². The summed E-state index contributed by atoms with van der Waals surface area (Å²) in [5.74, 6) is 0.752. The Labute approximate surface area is 94.0 Å². The largest absolute Gasteiger partial charge is 0.306 e. The summed E-state index contributed by atoms with van der Waals surface area (Å²) in [5.41, 5.74) is 2.94. The smallest absolute Gasteiger partial charge is 0.0328 e. The Morgan fingerprint density at radius 2 is 2.29 bits per heavy atom. The number of benzene rings is 1. The highest BCUT2D eigenvalue weighted by Gasteiger charge is 2.22. The molecule has 1 heterocycles. The number of nitrogens with one attached hydrogen (secondary N) is 1. The highest BCUT2D eigenvalue weighted by atomic mass is 79.9. The van der Waals surface area contributed by atoms with Crippen LogP contribution >= 0.6 is 15.9 Å². The van der Waals surface area contributed by atoms with Gasteiger partial charge in [-0.1, -0.05) is 35.8 Å². The summed E-state index contributed by atoms with van der Waals surface area (Å²) in [6.07, 6.45) is 1.23. The molecule has 1 aromatic rings. The lowest BCUT2D eigenvalue weighted by atomic mass is 9.97. The lowest BCUT2D eigenvalue weighted by Crippen LogP contribution is -2.13. The topological polar surface area (TPSA) is 12.0 Å². The van der Waals surface area contributed by atoms with Crippen LogP contribution in [0, 0.1) is 5.92 Å². The van der Waals surface area contributed by atoms with Crippen LogP contribution in [0.25, 0.3) is 0 Å². The van der Waals surface area contributed by atoms with Crippen molar-refractivity contribution in [3.63, 3.8) is 0 Å². The number of rotatable bonds is 2. The van der Waals surface area contributed by atoms with Gasteiger partial charge >= 0.3 is 0 Å². The van der Waals surface area contributed by atoms with E-state index in [1.165, 1.54) is 22.0 Å². The van der Waals surface area contributed by atoms with E-state index in [4.69, 9.17) is 0 Å². The first-order valence-electron chi connectivity index (χ1n) is 5.18. The predicted molar refractivity (Wildman–Crippen MR) is 63.2 cm³/mol. The average Bonchev–Trinajstić information content (AvgIpc) is 2.47. The van der Waals surface area contributed by atoms with Gasteiger partial charge in [-0.15, -0.1) is 0 Å². The van der Waals surface area contributed by atoms with Gasteiger partial charge in [-0.2, -0.15) is 0 Å². The minimum atomic E-state index is 0.568. The molecule has 0 amide bonds. The Morgan fingerprint density at radius 1 is 1.50 bits per heavy atom. The quantitative estimate of drug-likeness (QED) is 0.849. The zero-order chi connectivity index (χ0) is 10.1. The molecule has 0 bridgehead atoms. The van der Waals surface area contributed by atoms with E-state index < -0.39 is 0 Å². The first-order valence-corrected chi connectivity index (χ1v) is 5.98. The number of halogens is 1. The lowest BCUT2D eigenvalue weighted by molar-refractivity contribution is 0.455. The normalized spacial score (nSPS) is 20.1. The second-order valence-electron chi connectivity index (χ2n) is 4.41. The summed E-state index contributed by atoms with van der Waals surface area (Å²) in [5, 5.41) is 3.56. The van der Waals surface area contributed by atoms with E-state index in [0.717, 1.165) is 12.5 Å². The van der Waals surface area contributed by atoms with E-state index in [-0.39, 0.29) is 0 Å². The van der Waals surface area contributed by atoms with Gasteiger partial charge in [-0.05, 0) is 35.6 Å². The van der Waals surface area contributed by atoms with Crippen LogP contribution in [0.1, 0.15) is 37.4 Å². The molecule has 1 aromatic carbocycles. The van der Waals surface area contributed by atoms with E-state index in [1.54, 1.807) is 0 Å². The van der Waals surface area contributed by atoms with Crippen LogP contribution in [0.2, 0.25) is 0 Å². The number of hydrogen-bond acceptors (Lipinski definition) is 1. The van der Waals surface area contributed by atoms with Crippen molar-refractivity contribution in [2.24, 2.45) is 5.92 Å². The van der Waals surface area contributed by atoms with Crippen molar-refractivity contribution in [1.29, 1.82) is 0 Å². The second kappa shape index (κ2) is 4.03. The molecule has 0 saturated carbocycles. The minimum Gasteiger partial charge on any atom is -0.306 e. The monoisotopic (exact) mass is 253 g/mol.